The summed E-state index contributed by atoms with van der Waals surface area (Å²) in [5, 5.41) is 23.6. The summed E-state index contributed by atoms with van der Waals surface area (Å²) in [5.74, 6) is 1.19. The van der Waals surface area contributed by atoms with Gasteiger partial charge in [0.1, 0.15) is 11.4 Å². The number of benzene rings is 1. The van der Waals surface area contributed by atoms with Gasteiger partial charge in [0, 0.05) is 23.4 Å². The minimum atomic E-state index is -0.250. The minimum absolute atomic E-state index is 0.0984. The van der Waals surface area contributed by atoms with E-state index in [2.05, 4.69) is 25.4 Å². The molecule has 9 heteroatoms. The second kappa shape index (κ2) is 14.3. The Morgan fingerprint density at radius 2 is 1.59 bits per heavy atom. The second-order valence-corrected chi connectivity index (χ2v) is 8.64. The summed E-state index contributed by atoms with van der Waals surface area (Å²) in [6.45, 7) is 4.00. The van der Waals surface area contributed by atoms with Crippen molar-refractivity contribution in [2.75, 3.05) is 5.32 Å². The van der Waals surface area contributed by atoms with Gasteiger partial charge in [-0.3, -0.25) is 4.79 Å². The Morgan fingerprint density at radius 1 is 0.946 bits per heavy atom. The highest BCUT2D eigenvalue weighted by Gasteiger charge is 2.16. The minimum Gasteiger partial charge on any atom is -0.506 e. The second-order valence-electron chi connectivity index (χ2n) is 8.64. The molecule has 0 aliphatic heterocycles. The monoisotopic (exact) mass is 503 g/mol. The summed E-state index contributed by atoms with van der Waals surface area (Å²) >= 11 is 0. The molecule has 0 amide bonds. The standard InChI is InChI=1S/C21H19N5O2.C6H12.CH2O2/c1-13-10-19(15-6-4-3-5-7-15)25-21(24-13)23-12-17-14(2)26-28-20(17)18-9-8-16(27)11-22-18;1-2-4-6-5-3-1;2-1-3/h3-11,27H,12H2,1-2H3,(H,23,24,25);1-6H2;1H,(H,2,3). The van der Waals surface area contributed by atoms with E-state index >= 15 is 0 Å². The van der Waals surface area contributed by atoms with E-state index in [0.717, 1.165) is 28.2 Å². The van der Waals surface area contributed by atoms with Crippen LogP contribution in [-0.4, -0.2) is 36.8 Å². The first-order chi connectivity index (χ1) is 18.0. The van der Waals surface area contributed by atoms with Crippen molar-refractivity contribution >= 4 is 12.4 Å². The van der Waals surface area contributed by atoms with Gasteiger partial charge in [0.15, 0.2) is 5.76 Å². The van der Waals surface area contributed by atoms with Crippen molar-refractivity contribution < 1.29 is 19.5 Å². The van der Waals surface area contributed by atoms with Crippen LogP contribution in [0.2, 0.25) is 0 Å². The maximum Gasteiger partial charge on any atom is 0.290 e. The highest BCUT2D eigenvalue weighted by Crippen LogP contribution is 2.26. The molecule has 0 bridgehead atoms. The number of nitrogens with zero attached hydrogens (tertiary/aromatic N) is 4. The molecule has 3 aromatic heterocycles. The Balaban J connectivity index is 0.000000360. The molecule has 3 heterocycles. The largest absolute Gasteiger partial charge is 0.506 e. The van der Waals surface area contributed by atoms with Gasteiger partial charge in [-0.05, 0) is 32.0 Å². The number of aromatic hydroxyl groups is 1. The van der Waals surface area contributed by atoms with Gasteiger partial charge in [0.05, 0.1) is 17.6 Å². The lowest BCUT2D eigenvalue weighted by atomic mass is 10.0. The van der Waals surface area contributed by atoms with Gasteiger partial charge in [0.25, 0.3) is 6.47 Å². The van der Waals surface area contributed by atoms with E-state index in [1.165, 1.54) is 44.7 Å². The summed E-state index contributed by atoms with van der Waals surface area (Å²) in [5.41, 5.74) is 4.99. The number of carboxylic acid groups (broad SMARTS) is 1. The zero-order valence-electron chi connectivity index (χ0n) is 21.2. The molecule has 4 aromatic rings. The maximum atomic E-state index is 9.44. The molecule has 1 fully saturated rings. The van der Waals surface area contributed by atoms with E-state index in [1.54, 1.807) is 12.1 Å². The van der Waals surface area contributed by atoms with Crippen LogP contribution < -0.4 is 5.32 Å². The average Bonchev–Trinajstić information content (AvgIpc) is 3.30. The third-order valence-electron chi connectivity index (χ3n) is 5.81. The molecule has 3 N–H and O–H groups in total. The lowest BCUT2D eigenvalue weighted by Gasteiger charge is -2.09. The molecule has 0 spiro atoms. The molecule has 1 saturated carbocycles. The number of pyridine rings is 1. The molecule has 0 unspecified atom stereocenters. The van der Waals surface area contributed by atoms with Gasteiger partial charge in [0.2, 0.25) is 5.95 Å². The zero-order chi connectivity index (χ0) is 26.5. The number of aryl methyl sites for hydroxylation is 2. The van der Waals surface area contributed by atoms with E-state index in [4.69, 9.17) is 14.4 Å². The first-order valence-corrected chi connectivity index (χ1v) is 12.3. The lowest BCUT2D eigenvalue weighted by molar-refractivity contribution is -0.122. The first kappa shape index (κ1) is 27.3. The predicted octanol–water partition coefficient (Wildman–Crippen LogP) is 6.17. The van der Waals surface area contributed by atoms with Crippen LogP contribution in [0.5, 0.6) is 5.75 Å². The van der Waals surface area contributed by atoms with Gasteiger partial charge in [-0.15, -0.1) is 0 Å². The summed E-state index contributed by atoms with van der Waals surface area (Å²) in [7, 11) is 0. The molecule has 37 heavy (non-hydrogen) atoms. The zero-order valence-corrected chi connectivity index (χ0v) is 21.2. The number of rotatable bonds is 5. The van der Waals surface area contributed by atoms with Gasteiger partial charge in [-0.25, -0.2) is 15.0 Å². The Hall–Kier alpha value is -4.27. The van der Waals surface area contributed by atoms with E-state index in [9.17, 15) is 5.11 Å². The van der Waals surface area contributed by atoms with Gasteiger partial charge >= 0.3 is 0 Å². The Labute approximate surface area is 216 Å². The van der Waals surface area contributed by atoms with Crippen molar-refractivity contribution in [1.29, 1.82) is 0 Å². The van der Waals surface area contributed by atoms with Crippen molar-refractivity contribution in [2.45, 2.75) is 58.9 Å². The van der Waals surface area contributed by atoms with E-state index in [0.29, 0.717) is 23.9 Å². The number of hydrogen-bond acceptors (Lipinski definition) is 8. The molecule has 0 atom stereocenters. The number of aromatic nitrogens is 4. The van der Waals surface area contributed by atoms with Crippen LogP contribution in [0, 0.1) is 13.8 Å². The number of anilines is 1. The van der Waals surface area contributed by atoms with Gasteiger partial charge in [-0.2, -0.15) is 0 Å². The van der Waals surface area contributed by atoms with Gasteiger partial charge < -0.3 is 20.1 Å². The third kappa shape index (κ3) is 8.42. The Kier molecular flexibility index (Phi) is 10.6. The molecule has 194 valence electrons. The molecule has 0 saturated heterocycles. The van der Waals surface area contributed by atoms with Gasteiger partial charge in [-0.1, -0.05) is 74.0 Å². The van der Waals surface area contributed by atoms with Crippen LogP contribution in [0.15, 0.2) is 59.3 Å². The molecular formula is C28H33N5O4. The fourth-order valence-electron chi connectivity index (χ4n) is 3.95. The summed E-state index contributed by atoms with van der Waals surface area (Å²) < 4.78 is 5.45. The number of carbonyl (C=O) groups is 1. The highest BCUT2D eigenvalue weighted by molar-refractivity contribution is 5.61. The molecule has 5 rings (SSSR count). The molecular weight excluding hydrogens is 470 g/mol. The fraction of sp³-hybridized carbons (Fsp3) is 0.321. The SMILES string of the molecule is C1CCCCC1.Cc1cc(-c2ccccc2)nc(NCc2c(C)noc2-c2ccc(O)cn2)n1.O=CO. The Bertz CT molecular complexity index is 1230. The molecule has 1 aliphatic carbocycles. The molecule has 1 aliphatic rings. The van der Waals surface area contributed by atoms with Crippen LogP contribution in [0.1, 0.15) is 55.5 Å². The molecule has 0 radical (unpaired) electrons. The quantitative estimate of drug-likeness (QED) is 0.273. The molecule has 9 nitrogen and oxygen atoms in total. The average molecular weight is 504 g/mol. The van der Waals surface area contributed by atoms with E-state index in [-0.39, 0.29) is 12.2 Å². The van der Waals surface area contributed by atoms with Crippen molar-refractivity contribution in [2.24, 2.45) is 0 Å². The van der Waals surface area contributed by atoms with Crippen LogP contribution >= 0.6 is 0 Å². The fourth-order valence-corrected chi connectivity index (χ4v) is 3.95. The summed E-state index contributed by atoms with van der Waals surface area (Å²) in [6.07, 6.45) is 10.4. The predicted molar refractivity (Wildman–Crippen MR) is 142 cm³/mol. The van der Waals surface area contributed by atoms with Crippen molar-refractivity contribution in [1.82, 2.24) is 20.1 Å². The Morgan fingerprint density at radius 3 is 2.19 bits per heavy atom. The first-order valence-electron chi connectivity index (χ1n) is 12.3. The topological polar surface area (TPSA) is 134 Å². The van der Waals surface area contributed by atoms with Crippen molar-refractivity contribution in [3.05, 3.63) is 71.7 Å². The van der Waals surface area contributed by atoms with Crippen LogP contribution in [0.25, 0.3) is 22.7 Å². The normalized spacial score (nSPS) is 12.4. The lowest BCUT2D eigenvalue weighted by Crippen LogP contribution is -2.06. The summed E-state index contributed by atoms with van der Waals surface area (Å²) in [6, 6.07) is 15.2. The maximum absolute atomic E-state index is 9.44. The number of hydrogen-bond donors (Lipinski definition) is 3. The van der Waals surface area contributed by atoms with E-state index in [1.807, 2.05) is 50.2 Å². The smallest absolute Gasteiger partial charge is 0.290 e. The highest BCUT2D eigenvalue weighted by atomic mass is 16.5. The van der Waals surface area contributed by atoms with Crippen molar-refractivity contribution in [3.63, 3.8) is 0 Å². The van der Waals surface area contributed by atoms with E-state index < -0.39 is 0 Å². The third-order valence-corrected chi connectivity index (χ3v) is 5.81. The van der Waals surface area contributed by atoms with Crippen LogP contribution in [0.3, 0.4) is 0 Å². The van der Waals surface area contributed by atoms with Crippen LogP contribution in [-0.2, 0) is 11.3 Å². The molecule has 1 aromatic carbocycles. The van der Waals surface area contributed by atoms with Crippen molar-refractivity contribution in [3.8, 4) is 28.5 Å². The number of nitrogens with one attached hydrogen (secondary N) is 1. The van der Waals surface area contributed by atoms with Crippen LogP contribution in [0.4, 0.5) is 5.95 Å². The summed E-state index contributed by atoms with van der Waals surface area (Å²) in [4.78, 5) is 21.7.